The monoisotopic (exact) mass is 447 g/mol. The number of aromatic nitrogens is 1. The minimum atomic E-state index is -0.407. The van der Waals surface area contributed by atoms with Crippen LogP contribution in [0, 0.1) is 0 Å². The molecular weight excluding hydrogens is 430 g/mol. The number of hydrogen-bond acceptors (Lipinski definition) is 7. The van der Waals surface area contributed by atoms with Crippen LogP contribution in [0.1, 0.15) is 26.4 Å². The Labute approximate surface area is 186 Å². The molecule has 0 bridgehead atoms. The molecule has 2 aromatic carbocycles. The number of benzene rings is 2. The van der Waals surface area contributed by atoms with E-state index in [-0.39, 0.29) is 18.4 Å². The van der Waals surface area contributed by atoms with Crippen molar-refractivity contribution in [2.45, 2.75) is 6.54 Å². The van der Waals surface area contributed by atoms with Gasteiger partial charge in [0.1, 0.15) is 5.69 Å². The molecule has 0 unspecified atom stereocenters. The van der Waals surface area contributed by atoms with Gasteiger partial charge in [-0.3, -0.25) is 9.59 Å². The van der Waals surface area contributed by atoms with E-state index in [1.54, 1.807) is 48.0 Å². The first-order chi connectivity index (χ1) is 15.7. The predicted molar refractivity (Wildman–Crippen MR) is 118 cm³/mol. The lowest BCUT2D eigenvalue weighted by atomic mass is 10.1. The molecule has 0 radical (unpaired) electrons. The molecule has 0 fully saturated rings. The average molecular weight is 447 g/mol. The second-order valence-corrected chi connectivity index (χ2v) is 7.74. The number of carbonyl (C=O) groups excluding carboxylic acids is 2. The summed E-state index contributed by atoms with van der Waals surface area (Å²) >= 11 is 1.31. The van der Waals surface area contributed by atoms with Gasteiger partial charge in [0.05, 0.1) is 17.5 Å². The second-order valence-electron chi connectivity index (χ2n) is 6.89. The van der Waals surface area contributed by atoms with Gasteiger partial charge in [-0.05, 0) is 42.0 Å². The Balaban J connectivity index is 1.27. The van der Waals surface area contributed by atoms with E-state index in [0.29, 0.717) is 40.1 Å². The van der Waals surface area contributed by atoms with Crippen molar-refractivity contribution >= 4 is 28.8 Å². The first-order valence-electron chi connectivity index (χ1n) is 9.74. The van der Waals surface area contributed by atoms with Gasteiger partial charge in [-0.1, -0.05) is 18.2 Å². The van der Waals surface area contributed by atoms with Gasteiger partial charge >= 0.3 is 0 Å². The Hall–Kier alpha value is -4.11. The Kier molecular flexibility index (Phi) is 5.30. The fourth-order valence-electron chi connectivity index (χ4n) is 3.20. The fraction of sp³-hybridized carbons (Fsp3) is 0.0870. The van der Waals surface area contributed by atoms with Crippen molar-refractivity contribution in [1.82, 2.24) is 10.3 Å². The third-order valence-electron chi connectivity index (χ3n) is 4.78. The lowest BCUT2D eigenvalue weighted by Crippen LogP contribution is -2.25. The van der Waals surface area contributed by atoms with Crippen molar-refractivity contribution in [1.29, 1.82) is 0 Å². The molecule has 2 amide bonds. The number of carbonyl (C=O) groups is 2. The molecule has 3 heterocycles. The van der Waals surface area contributed by atoms with E-state index in [9.17, 15) is 9.59 Å². The minimum Gasteiger partial charge on any atom is -0.462 e. The van der Waals surface area contributed by atoms with Crippen LogP contribution >= 0.6 is 11.3 Å². The Bertz CT molecular complexity index is 1280. The summed E-state index contributed by atoms with van der Waals surface area (Å²) in [4.78, 5) is 29.8. The summed E-state index contributed by atoms with van der Waals surface area (Å²) in [6.45, 7) is 0.497. The standard InChI is InChI=1S/C23H17N3O5S/c27-21(24-11-14-7-8-18-20(10-14)31-13-30-18)15-4-1-2-5-16(15)25-22(28)17-12-32-23(26-17)19-6-3-9-29-19/h1-10,12H,11,13H2,(H,24,27)(H,25,28). The van der Waals surface area contributed by atoms with Crippen LogP contribution in [0.2, 0.25) is 0 Å². The summed E-state index contributed by atoms with van der Waals surface area (Å²) in [5.74, 6) is 1.22. The van der Waals surface area contributed by atoms with E-state index >= 15 is 0 Å². The van der Waals surface area contributed by atoms with Crippen molar-refractivity contribution in [3.05, 3.63) is 83.1 Å². The highest BCUT2D eigenvalue weighted by Gasteiger charge is 2.18. The van der Waals surface area contributed by atoms with Crippen LogP contribution in [0.15, 0.2) is 70.7 Å². The van der Waals surface area contributed by atoms with Gasteiger partial charge in [0.2, 0.25) is 6.79 Å². The number of amides is 2. The lowest BCUT2D eigenvalue weighted by molar-refractivity contribution is 0.0951. The zero-order chi connectivity index (χ0) is 21.9. The molecule has 0 saturated heterocycles. The molecule has 32 heavy (non-hydrogen) atoms. The molecule has 1 aliphatic heterocycles. The fourth-order valence-corrected chi connectivity index (χ4v) is 3.96. The zero-order valence-corrected chi connectivity index (χ0v) is 17.5. The normalized spacial score (nSPS) is 11.9. The second kappa shape index (κ2) is 8.56. The van der Waals surface area contributed by atoms with E-state index < -0.39 is 5.91 Å². The Morgan fingerprint density at radius 1 is 1.00 bits per heavy atom. The van der Waals surface area contributed by atoms with Crippen LogP contribution in [0.4, 0.5) is 5.69 Å². The Morgan fingerprint density at radius 3 is 2.75 bits per heavy atom. The van der Waals surface area contributed by atoms with Gasteiger partial charge < -0.3 is 24.5 Å². The molecule has 0 spiro atoms. The summed E-state index contributed by atoms with van der Waals surface area (Å²) in [5.41, 5.74) is 1.87. The van der Waals surface area contributed by atoms with Crippen LogP contribution in [0.5, 0.6) is 11.5 Å². The van der Waals surface area contributed by atoms with Crippen LogP contribution in [0.25, 0.3) is 10.8 Å². The molecule has 0 atom stereocenters. The van der Waals surface area contributed by atoms with Gasteiger partial charge in [-0.15, -0.1) is 11.3 Å². The maximum Gasteiger partial charge on any atom is 0.275 e. The zero-order valence-electron chi connectivity index (χ0n) is 16.7. The molecule has 160 valence electrons. The molecule has 8 nitrogen and oxygen atoms in total. The SMILES string of the molecule is O=C(Nc1ccccc1C(=O)NCc1ccc2c(c1)OCO2)c1csc(-c2ccco2)n1. The summed E-state index contributed by atoms with van der Waals surface area (Å²) in [7, 11) is 0. The molecule has 1 aliphatic rings. The number of furan rings is 1. The van der Waals surface area contributed by atoms with Gasteiger partial charge in [0, 0.05) is 11.9 Å². The predicted octanol–water partition coefficient (Wildman–Crippen LogP) is 4.31. The molecule has 9 heteroatoms. The smallest absolute Gasteiger partial charge is 0.275 e. The lowest BCUT2D eigenvalue weighted by Gasteiger charge is -2.11. The van der Waals surface area contributed by atoms with Gasteiger partial charge in [-0.25, -0.2) is 4.98 Å². The number of nitrogens with zero attached hydrogens (tertiary/aromatic N) is 1. The van der Waals surface area contributed by atoms with E-state index in [4.69, 9.17) is 13.9 Å². The number of thiazole rings is 1. The third-order valence-corrected chi connectivity index (χ3v) is 5.64. The highest BCUT2D eigenvalue weighted by atomic mass is 32.1. The summed E-state index contributed by atoms with van der Waals surface area (Å²) < 4.78 is 16.0. The summed E-state index contributed by atoms with van der Waals surface area (Å²) in [6.07, 6.45) is 1.55. The number of anilines is 1. The topological polar surface area (TPSA) is 103 Å². The van der Waals surface area contributed by atoms with E-state index in [0.717, 1.165) is 5.56 Å². The van der Waals surface area contributed by atoms with Crippen LogP contribution in [0.3, 0.4) is 0 Å². The number of para-hydroxylation sites is 1. The quantitative estimate of drug-likeness (QED) is 0.457. The minimum absolute atomic E-state index is 0.195. The molecule has 5 rings (SSSR count). The number of ether oxygens (including phenoxy) is 2. The molecule has 0 aliphatic carbocycles. The maximum atomic E-state index is 12.8. The average Bonchev–Trinajstić information content (AvgIpc) is 3.58. The van der Waals surface area contributed by atoms with E-state index in [1.165, 1.54) is 11.3 Å². The van der Waals surface area contributed by atoms with Crippen molar-refractivity contribution in [3.8, 4) is 22.3 Å². The highest BCUT2D eigenvalue weighted by molar-refractivity contribution is 7.13. The number of rotatable bonds is 6. The largest absolute Gasteiger partial charge is 0.462 e. The van der Waals surface area contributed by atoms with Crippen LogP contribution in [-0.4, -0.2) is 23.6 Å². The van der Waals surface area contributed by atoms with Crippen molar-refractivity contribution in [2.75, 3.05) is 12.1 Å². The highest BCUT2D eigenvalue weighted by Crippen LogP contribution is 2.32. The first-order valence-corrected chi connectivity index (χ1v) is 10.6. The number of nitrogens with one attached hydrogen (secondary N) is 2. The number of fused-ring (bicyclic) bond motifs is 1. The molecule has 2 N–H and O–H groups in total. The van der Waals surface area contributed by atoms with Gasteiger partial charge in [0.15, 0.2) is 22.3 Å². The maximum absolute atomic E-state index is 12.8. The molecular formula is C23H17N3O5S. The molecule has 0 saturated carbocycles. The van der Waals surface area contributed by atoms with E-state index in [1.807, 2.05) is 18.2 Å². The number of hydrogen-bond donors (Lipinski definition) is 2. The third kappa shape index (κ3) is 4.06. The summed E-state index contributed by atoms with van der Waals surface area (Å²) in [6, 6.07) is 15.9. The van der Waals surface area contributed by atoms with Crippen LogP contribution in [-0.2, 0) is 6.54 Å². The van der Waals surface area contributed by atoms with Gasteiger partial charge in [-0.2, -0.15) is 0 Å². The van der Waals surface area contributed by atoms with Crippen molar-refractivity contribution in [2.24, 2.45) is 0 Å². The summed E-state index contributed by atoms with van der Waals surface area (Å²) in [5, 5.41) is 7.90. The van der Waals surface area contributed by atoms with E-state index in [2.05, 4.69) is 15.6 Å². The van der Waals surface area contributed by atoms with Crippen LogP contribution < -0.4 is 20.1 Å². The molecule has 4 aromatic rings. The van der Waals surface area contributed by atoms with Crippen molar-refractivity contribution < 1.29 is 23.5 Å². The first kappa shape index (κ1) is 19.8. The Morgan fingerprint density at radius 2 is 1.88 bits per heavy atom. The van der Waals surface area contributed by atoms with Gasteiger partial charge in [0.25, 0.3) is 11.8 Å². The van der Waals surface area contributed by atoms with Crippen molar-refractivity contribution in [3.63, 3.8) is 0 Å². The molecule has 2 aromatic heterocycles.